The van der Waals surface area contributed by atoms with Crippen LogP contribution in [0.4, 0.5) is 5.69 Å². The number of carbonyl (C=O) groups is 2. The van der Waals surface area contributed by atoms with Gasteiger partial charge < -0.3 is 10.5 Å². The van der Waals surface area contributed by atoms with Crippen molar-refractivity contribution in [3.63, 3.8) is 0 Å². The normalized spacial score (nSPS) is 10.2. The average Bonchev–Trinajstić information content (AvgIpc) is 2.62. The van der Waals surface area contributed by atoms with Gasteiger partial charge in [-0.2, -0.15) is 0 Å². The highest BCUT2D eigenvalue weighted by Crippen LogP contribution is 2.29. The molecule has 2 N–H and O–H groups in total. The quantitative estimate of drug-likeness (QED) is 0.398. The molecule has 0 radical (unpaired) electrons. The summed E-state index contributed by atoms with van der Waals surface area (Å²) in [5.74, 6) is 2.71. The smallest absolute Gasteiger partial charge is 0.164 e. The summed E-state index contributed by atoms with van der Waals surface area (Å²) in [5, 5.41) is 0. The third-order valence-corrected chi connectivity index (χ3v) is 3.75. The summed E-state index contributed by atoms with van der Waals surface area (Å²) in [6.07, 6.45) is 7.15. The minimum Gasteiger partial charge on any atom is -0.496 e. The molecule has 0 aliphatic heterocycles. The monoisotopic (exact) mass is 361 g/mol. The van der Waals surface area contributed by atoms with Gasteiger partial charge in [0, 0.05) is 35.2 Å². The molecule has 1 aromatic carbocycles. The lowest BCUT2D eigenvalue weighted by atomic mass is 9.89. The third kappa shape index (κ3) is 8.71. The molecule has 26 heavy (non-hydrogen) atoms. The van der Waals surface area contributed by atoms with Crippen LogP contribution in [0.15, 0.2) is 12.1 Å². The first-order chi connectivity index (χ1) is 12.4. The fourth-order valence-corrected chi connectivity index (χ4v) is 2.59. The standard InChI is InChI=1S/C17H25NO3.C3H4.C2H6/c1-5-7-12(11(3)19)8-16(20)15-9-13(18)10-17(21-4)14(15)6-2;1-3-2;1-2/h9-10,12H,5-8,18H2,1-4H3;1H,2H3;1-2H3. The Labute approximate surface area is 159 Å². The second kappa shape index (κ2) is 15.0. The van der Waals surface area contributed by atoms with Crippen LogP contribution in [-0.2, 0) is 11.2 Å². The highest BCUT2D eigenvalue weighted by molar-refractivity contribution is 6.01. The first kappa shape index (κ1) is 26.0. The number of methoxy groups -OCH3 is 1. The van der Waals surface area contributed by atoms with E-state index in [4.69, 9.17) is 10.5 Å². The third-order valence-electron chi connectivity index (χ3n) is 3.75. The molecule has 0 saturated carbocycles. The van der Waals surface area contributed by atoms with E-state index in [0.717, 1.165) is 18.4 Å². The first-order valence-corrected chi connectivity index (χ1v) is 9.23. The van der Waals surface area contributed by atoms with Crippen molar-refractivity contribution < 1.29 is 14.3 Å². The minimum atomic E-state index is -0.209. The van der Waals surface area contributed by atoms with Crippen molar-refractivity contribution in [3.05, 3.63) is 23.3 Å². The van der Waals surface area contributed by atoms with Gasteiger partial charge in [-0.3, -0.25) is 9.59 Å². The van der Waals surface area contributed by atoms with Crippen LogP contribution in [0.25, 0.3) is 0 Å². The van der Waals surface area contributed by atoms with Crippen molar-refractivity contribution in [2.45, 2.75) is 67.2 Å². The lowest BCUT2D eigenvalue weighted by molar-refractivity contribution is -0.120. The number of hydrogen-bond acceptors (Lipinski definition) is 4. The maximum Gasteiger partial charge on any atom is 0.164 e. The van der Waals surface area contributed by atoms with Gasteiger partial charge in [0.1, 0.15) is 11.5 Å². The zero-order valence-electron chi connectivity index (χ0n) is 17.4. The zero-order chi connectivity index (χ0) is 20.7. The van der Waals surface area contributed by atoms with Crippen molar-refractivity contribution >= 4 is 17.3 Å². The second-order valence-electron chi connectivity index (χ2n) is 5.62. The van der Waals surface area contributed by atoms with E-state index in [1.165, 1.54) is 0 Å². The zero-order valence-corrected chi connectivity index (χ0v) is 17.4. The van der Waals surface area contributed by atoms with Crippen molar-refractivity contribution in [3.8, 4) is 18.1 Å². The number of nitrogens with two attached hydrogens (primary N) is 1. The van der Waals surface area contributed by atoms with Gasteiger partial charge in [0.25, 0.3) is 0 Å². The van der Waals surface area contributed by atoms with E-state index in [1.807, 2.05) is 27.7 Å². The van der Waals surface area contributed by atoms with Crippen molar-refractivity contribution in [1.82, 2.24) is 0 Å². The van der Waals surface area contributed by atoms with Crippen LogP contribution in [0.5, 0.6) is 5.75 Å². The van der Waals surface area contributed by atoms with Crippen LogP contribution in [0.2, 0.25) is 0 Å². The lowest BCUT2D eigenvalue weighted by Crippen LogP contribution is -2.17. The average molecular weight is 362 g/mol. The number of terminal acetylenes is 1. The fraction of sp³-hybridized carbons (Fsp3) is 0.545. The highest BCUT2D eigenvalue weighted by atomic mass is 16.5. The Balaban J connectivity index is 0. The topological polar surface area (TPSA) is 69.4 Å². The van der Waals surface area contributed by atoms with Crippen LogP contribution < -0.4 is 10.5 Å². The number of ether oxygens (including phenoxy) is 1. The van der Waals surface area contributed by atoms with Gasteiger partial charge in [-0.15, -0.1) is 12.3 Å². The van der Waals surface area contributed by atoms with E-state index in [2.05, 4.69) is 12.3 Å². The Kier molecular flexibility index (Phi) is 15.0. The maximum absolute atomic E-state index is 12.6. The Bertz CT molecular complexity index is 600. The molecule has 0 bridgehead atoms. The number of benzene rings is 1. The molecule has 1 unspecified atom stereocenters. The molecule has 1 rings (SSSR count). The molecule has 0 heterocycles. The highest BCUT2D eigenvalue weighted by Gasteiger charge is 2.22. The number of ketones is 2. The summed E-state index contributed by atoms with van der Waals surface area (Å²) in [6, 6.07) is 3.41. The van der Waals surface area contributed by atoms with Gasteiger partial charge in [-0.25, -0.2) is 0 Å². The fourth-order valence-electron chi connectivity index (χ4n) is 2.59. The first-order valence-electron chi connectivity index (χ1n) is 9.23. The molecule has 0 amide bonds. The molecule has 1 aromatic rings. The number of hydrogen-bond donors (Lipinski definition) is 1. The Morgan fingerprint density at radius 1 is 1.27 bits per heavy atom. The largest absolute Gasteiger partial charge is 0.496 e. The molecule has 0 aromatic heterocycles. The number of nitrogen functional groups attached to an aromatic ring is 1. The molecule has 0 spiro atoms. The molecule has 0 saturated heterocycles. The van der Waals surface area contributed by atoms with Crippen molar-refractivity contribution in [1.29, 1.82) is 0 Å². The van der Waals surface area contributed by atoms with Crippen LogP contribution >= 0.6 is 0 Å². The molecular weight excluding hydrogens is 326 g/mol. The molecular formula is C22H35NO3. The summed E-state index contributed by atoms with van der Waals surface area (Å²) in [6.45, 7) is 11.2. The Morgan fingerprint density at radius 3 is 2.19 bits per heavy atom. The summed E-state index contributed by atoms with van der Waals surface area (Å²) in [7, 11) is 1.57. The van der Waals surface area contributed by atoms with E-state index in [9.17, 15) is 9.59 Å². The number of Topliss-reactive ketones (excluding diaryl/α,β-unsaturated/α-hetero) is 2. The Hall–Kier alpha value is -2.28. The van der Waals surface area contributed by atoms with Crippen LogP contribution in [-0.4, -0.2) is 18.7 Å². The minimum absolute atomic E-state index is 0.0360. The predicted molar refractivity (Wildman–Crippen MR) is 111 cm³/mol. The van der Waals surface area contributed by atoms with E-state index in [1.54, 1.807) is 33.1 Å². The Morgan fingerprint density at radius 2 is 1.81 bits per heavy atom. The van der Waals surface area contributed by atoms with E-state index in [0.29, 0.717) is 23.4 Å². The van der Waals surface area contributed by atoms with Crippen molar-refractivity contribution in [2.24, 2.45) is 5.92 Å². The summed E-state index contributed by atoms with van der Waals surface area (Å²) in [5.41, 5.74) is 7.79. The van der Waals surface area contributed by atoms with Crippen molar-refractivity contribution in [2.75, 3.05) is 12.8 Å². The van der Waals surface area contributed by atoms with Gasteiger partial charge in [-0.05, 0) is 32.8 Å². The second-order valence-corrected chi connectivity index (χ2v) is 5.62. The van der Waals surface area contributed by atoms with E-state index in [-0.39, 0.29) is 23.9 Å². The number of anilines is 1. The van der Waals surface area contributed by atoms with Crippen LogP contribution in [0, 0.1) is 18.3 Å². The predicted octanol–water partition coefficient (Wildman–Crippen LogP) is 5.08. The summed E-state index contributed by atoms with van der Waals surface area (Å²) >= 11 is 0. The SMILES string of the molecule is C#CC.CC.CCCC(CC(=O)c1cc(N)cc(OC)c1CC)C(C)=O. The molecule has 1 atom stereocenters. The number of rotatable bonds is 8. The van der Waals surface area contributed by atoms with Gasteiger partial charge >= 0.3 is 0 Å². The molecule has 4 nitrogen and oxygen atoms in total. The molecule has 0 aliphatic carbocycles. The molecule has 0 fully saturated rings. The van der Waals surface area contributed by atoms with Gasteiger partial charge in [0.2, 0.25) is 0 Å². The molecule has 146 valence electrons. The van der Waals surface area contributed by atoms with Gasteiger partial charge in [0.05, 0.1) is 7.11 Å². The molecule has 0 aliphatic rings. The van der Waals surface area contributed by atoms with E-state index >= 15 is 0 Å². The lowest BCUT2D eigenvalue weighted by Gasteiger charge is -2.16. The van der Waals surface area contributed by atoms with Crippen LogP contribution in [0.1, 0.15) is 76.7 Å². The molecule has 4 heteroatoms. The van der Waals surface area contributed by atoms with E-state index < -0.39 is 0 Å². The van der Waals surface area contributed by atoms with Gasteiger partial charge in [0.15, 0.2) is 5.78 Å². The summed E-state index contributed by atoms with van der Waals surface area (Å²) in [4.78, 5) is 24.2. The number of carbonyl (C=O) groups excluding carboxylic acids is 2. The van der Waals surface area contributed by atoms with Gasteiger partial charge in [-0.1, -0.05) is 34.1 Å². The summed E-state index contributed by atoms with van der Waals surface area (Å²) < 4.78 is 5.31. The maximum atomic E-state index is 12.6. The van der Waals surface area contributed by atoms with Crippen LogP contribution in [0.3, 0.4) is 0 Å².